The van der Waals surface area contributed by atoms with Crippen molar-refractivity contribution >= 4 is 0 Å². The maximum absolute atomic E-state index is 5.42. The smallest absolute Gasteiger partial charge is 0.228 e. The summed E-state index contributed by atoms with van der Waals surface area (Å²) < 4.78 is 5.08. The average Bonchev–Trinajstić information content (AvgIpc) is 2.65. The summed E-state index contributed by atoms with van der Waals surface area (Å²) in [5, 5.41) is 3.92. The number of nitrogens with two attached hydrogens (primary N) is 1. The summed E-state index contributed by atoms with van der Waals surface area (Å²) in [6.45, 7) is 4.39. The number of nitrogens with zero attached hydrogens (tertiary/aromatic N) is 3. The van der Waals surface area contributed by atoms with E-state index in [1.807, 2.05) is 26.0 Å². The molecule has 0 fully saturated rings. The van der Waals surface area contributed by atoms with Crippen LogP contribution in [0.4, 0.5) is 0 Å². The van der Waals surface area contributed by atoms with Crippen molar-refractivity contribution < 1.29 is 4.52 Å². The summed E-state index contributed by atoms with van der Waals surface area (Å²) in [6.07, 6.45) is 0.607. The molecule has 0 saturated carbocycles. The van der Waals surface area contributed by atoms with E-state index in [0.29, 0.717) is 24.7 Å². The highest BCUT2D eigenvalue weighted by Crippen LogP contribution is 2.17. The van der Waals surface area contributed by atoms with Crippen molar-refractivity contribution in [3.8, 4) is 11.4 Å². The highest BCUT2D eigenvalue weighted by molar-refractivity contribution is 5.55. The van der Waals surface area contributed by atoms with E-state index < -0.39 is 0 Å². The van der Waals surface area contributed by atoms with E-state index in [-0.39, 0.29) is 0 Å². The molecular weight excluding hydrogens is 204 g/mol. The molecule has 0 amide bonds. The number of rotatable bonds is 3. The number of pyridine rings is 1. The van der Waals surface area contributed by atoms with E-state index in [4.69, 9.17) is 10.3 Å². The van der Waals surface area contributed by atoms with Gasteiger partial charge in [0.2, 0.25) is 11.7 Å². The van der Waals surface area contributed by atoms with E-state index in [9.17, 15) is 0 Å². The zero-order chi connectivity index (χ0) is 11.5. The van der Waals surface area contributed by atoms with Gasteiger partial charge in [-0.15, -0.1) is 0 Å². The molecule has 0 bridgehead atoms. The van der Waals surface area contributed by atoms with Crippen LogP contribution in [0.1, 0.15) is 17.3 Å². The molecule has 2 aromatic heterocycles. The SMILES string of the molecule is Cc1cc(-c2noc(CCN)n2)cc(C)n1. The normalized spacial score (nSPS) is 10.7. The van der Waals surface area contributed by atoms with E-state index >= 15 is 0 Å². The predicted molar refractivity (Wildman–Crippen MR) is 59.8 cm³/mol. The number of aryl methyl sites for hydroxylation is 2. The molecule has 0 aliphatic rings. The lowest BCUT2D eigenvalue weighted by molar-refractivity contribution is 0.380. The minimum Gasteiger partial charge on any atom is -0.339 e. The summed E-state index contributed by atoms with van der Waals surface area (Å²) in [7, 11) is 0. The van der Waals surface area contributed by atoms with Crippen LogP contribution in [-0.4, -0.2) is 21.7 Å². The molecule has 2 N–H and O–H groups in total. The molecule has 0 spiro atoms. The molecule has 2 aromatic rings. The van der Waals surface area contributed by atoms with E-state index in [0.717, 1.165) is 17.0 Å². The monoisotopic (exact) mass is 218 g/mol. The van der Waals surface area contributed by atoms with E-state index in [2.05, 4.69) is 15.1 Å². The van der Waals surface area contributed by atoms with Gasteiger partial charge in [0.1, 0.15) is 0 Å². The molecule has 0 aromatic carbocycles. The fourth-order valence-electron chi connectivity index (χ4n) is 1.56. The average molecular weight is 218 g/mol. The second-order valence-corrected chi connectivity index (χ2v) is 3.69. The molecule has 0 aliphatic carbocycles. The molecule has 2 rings (SSSR count). The zero-order valence-electron chi connectivity index (χ0n) is 9.40. The fraction of sp³-hybridized carbons (Fsp3) is 0.364. The van der Waals surface area contributed by atoms with Crippen LogP contribution in [-0.2, 0) is 6.42 Å². The summed E-state index contributed by atoms with van der Waals surface area (Å²) >= 11 is 0. The highest BCUT2D eigenvalue weighted by Gasteiger charge is 2.08. The molecule has 16 heavy (non-hydrogen) atoms. The molecule has 0 unspecified atom stereocenters. The van der Waals surface area contributed by atoms with Crippen LogP contribution in [0.15, 0.2) is 16.7 Å². The van der Waals surface area contributed by atoms with Crippen LogP contribution in [0, 0.1) is 13.8 Å². The Hall–Kier alpha value is -1.75. The first kappa shape index (κ1) is 10.8. The largest absolute Gasteiger partial charge is 0.339 e. The van der Waals surface area contributed by atoms with Crippen LogP contribution >= 0.6 is 0 Å². The van der Waals surface area contributed by atoms with Crippen molar-refractivity contribution in [2.45, 2.75) is 20.3 Å². The molecule has 5 nitrogen and oxygen atoms in total. The van der Waals surface area contributed by atoms with Crippen molar-refractivity contribution in [3.05, 3.63) is 29.4 Å². The Balaban J connectivity index is 2.34. The summed E-state index contributed by atoms with van der Waals surface area (Å²) in [6, 6.07) is 3.87. The van der Waals surface area contributed by atoms with Crippen LogP contribution in [0.25, 0.3) is 11.4 Å². The van der Waals surface area contributed by atoms with Crippen LogP contribution in [0.3, 0.4) is 0 Å². The summed E-state index contributed by atoms with van der Waals surface area (Å²) in [5.41, 5.74) is 8.24. The van der Waals surface area contributed by atoms with Gasteiger partial charge in [0.15, 0.2) is 0 Å². The predicted octanol–water partition coefficient (Wildman–Crippen LogP) is 1.25. The van der Waals surface area contributed by atoms with Crippen molar-refractivity contribution in [2.75, 3.05) is 6.54 Å². The Bertz CT molecular complexity index is 472. The van der Waals surface area contributed by atoms with Gasteiger partial charge in [-0.05, 0) is 26.0 Å². The maximum Gasteiger partial charge on any atom is 0.228 e. The molecule has 0 radical (unpaired) electrons. The van der Waals surface area contributed by atoms with Crippen LogP contribution in [0.5, 0.6) is 0 Å². The van der Waals surface area contributed by atoms with Gasteiger partial charge in [0.25, 0.3) is 0 Å². The number of aromatic nitrogens is 3. The summed E-state index contributed by atoms with van der Waals surface area (Å²) in [5.74, 6) is 1.17. The van der Waals surface area contributed by atoms with E-state index in [1.54, 1.807) is 0 Å². The molecule has 5 heteroatoms. The van der Waals surface area contributed by atoms with E-state index in [1.165, 1.54) is 0 Å². The second kappa shape index (κ2) is 4.40. The summed E-state index contributed by atoms with van der Waals surface area (Å²) in [4.78, 5) is 8.56. The Morgan fingerprint density at radius 1 is 1.19 bits per heavy atom. The lowest BCUT2D eigenvalue weighted by Crippen LogP contribution is -2.02. The molecule has 0 aliphatic heterocycles. The van der Waals surface area contributed by atoms with Crippen LogP contribution < -0.4 is 5.73 Å². The Morgan fingerprint density at radius 3 is 2.50 bits per heavy atom. The lowest BCUT2D eigenvalue weighted by atomic mass is 10.2. The van der Waals surface area contributed by atoms with Crippen molar-refractivity contribution in [2.24, 2.45) is 5.73 Å². The standard InChI is InChI=1S/C11H14N4O/c1-7-5-9(6-8(2)13-7)11-14-10(3-4-12)16-15-11/h5-6H,3-4,12H2,1-2H3. The van der Waals surface area contributed by atoms with Crippen molar-refractivity contribution in [3.63, 3.8) is 0 Å². The number of hydrogen-bond donors (Lipinski definition) is 1. The first-order chi connectivity index (χ1) is 7.69. The van der Waals surface area contributed by atoms with Crippen molar-refractivity contribution in [1.82, 2.24) is 15.1 Å². The van der Waals surface area contributed by atoms with Gasteiger partial charge < -0.3 is 10.3 Å². The fourth-order valence-corrected chi connectivity index (χ4v) is 1.56. The first-order valence-corrected chi connectivity index (χ1v) is 5.17. The Kier molecular flexibility index (Phi) is 2.96. The molecule has 0 saturated heterocycles. The van der Waals surface area contributed by atoms with Gasteiger partial charge in [-0.3, -0.25) is 4.98 Å². The number of hydrogen-bond acceptors (Lipinski definition) is 5. The minimum absolute atomic E-state index is 0.510. The van der Waals surface area contributed by atoms with Gasteiger partial charge in [0.05, 0.1) is 0 Å². The Morgan fingerprint density at radius 2 is 1.88 bits per heavy atom. The Labute approximate surface area is 93.7 Å². The van der Waals surface area contributed by atoms with Gasteiger partial charge in [-0.2, -0.15) is 4.98 Å². The van der Waals surface area contributed by atoms with Gasteiger partial charge in [-0.25, -0.2) is 0 Å². The molecule has 84 valence electrons. The van der Waals surface area contributed by atoms with Gasteiger partial charge in [-0.1, -0.05) is 5.16 Å². The first-order valence-electron chi connectivity index (χ1n) is 5.17. The zero-order valence-corrected chi connectivity index (χ0v) is 9.40. The highest BCUT2D eigenvalue weighted by atomic mass is 16.5. The third-order valence-corrected chi connectivity index (χ3v) is 2.17. The molecule has 2 heterocycles. The second-order valence-electron chi connectivity index (χ2n) is 3.69. The third kappa shape index (κ3) is 2.25. The molecule has 0 atom stereocenters. The minimum atomic E-state index is 0.510. The van der Waals surface area contributed by atoms with Gasteiger partial charge >= 0.3 is 0 Å². The topological polar surface area (TPSA) is 77.8 Å². The quantitative estimate of drug-likeness (QED) is 0.838. The molecular formula is C11H14N4O. The van der Waals surface area contributed by atoms with Crippen molar-refractivity contribution in [1.29, 1.82) is 0 Å². The van der Waals surface area contributed by atoms with Crippen LogP contribution in [0.2, 0.25) is 0 Å². The van der Waals surface area contributed by atoms with Gasteiger partial charge in [0, 0.05) is 29.9 Å². The lowest BCUT2D eigenvalue weighted by Gasteiger charge is -1.98. The maximum atomic E-state index is 5.42. The third-order valence-electron chi connectivity index (χ3n) is 2.17.